The molecule has 0 aliphatic heterocycles. The van der Waals surface area contributed by atoms with Crippen LogP contribution in [0.5, 0.6) is 0 Å². The Hall–Kier alpha value is -0.400. The van der Waals surface area contributed by atoms with Crippen molar-refractivity contribution in [3.05, 3.63) is 0 Å². The van der Waals surface area contributed by atoms with Crippen molar-refractivity contribution in [2.24, 2.45) is 11.8 Å². The quantitative estimate of drug-likeness (QED) is 0.387. The normalized spacial score (nSPS) is 19.1. The molecular formula is C9H16F4N2O. The first kappa shape index (κ1) is 13.7. The lowest BCUT2D eigenvalue weighted by Crippen LogP contribution is -2.41. The molecule has 0 saturated heterocycles. The molecule has 1 unspecified atom stereocenters. The molecule has 0 radical (unpaired) electrons. The van der Waals surface area contributed by atoms with E-state index in [0.717, 1.165) is 19.3 Å². The number of hydrogen-bond donors (Lipinski definition) is 2. The van der Waals surface area contributed by atoms with Gasteiger partial charge in [-0.05, 0) is 12.3 Å². The summed E-state index contributed by atoms with van der Waals surface area (Å²) in [4.78, 5) is 0. The molecule has 0 aromatic carbocycles. The second-order valence-electron chi connectivity index (χ2n) is 4.12. The zero-order chi connectivity index (χ0) is 12.2. The average Bonchev–Trinajstić information content (AvgIpc) is 2.99. The summed E-state index contributed by atoms with van der Waals surface area (Å²) in [7, 11) is 0. The predicted octanol–water partition coefficient (Wildman–Crippen LogP) is 1.54. The van der Waals surface area contributed by atoms with Crippen LogP contribution in [0.2, 0.25) is 0 Å². The Morgan fingerprint density at radius 3 is 2.44 bits per heavy atom. The molecule has 3 nitrogen and oxygen atoms in total. The molecule has 16 heavy (non-hydrogen) atoms. The van der Waals surface area contributed by atoms with Crippen LogP contribution < -0.4 is 11.3 Å². The summed E-state index contributed by atoms with van der Waals surface area (Å²) in [5.74, 6) is 1.66. The number of alkyl halides is 4. The second kappa shape index (κ2) is 5.79. The first-order valence-electron chi connectivity index (χ1n) is 5.15. The lowest BCUT2D eigenvalue weighted by Gasteiger charge is -2.19. The summed E-state index contributed by atoms with van der Waals surface area (Å²) in [6.07, 6.45) is -0.756. The Labute approximate surface area is 91.3 Å². The topological polar surface area (TPSA) is 47.3 Å². The highest BCUT2D eigenvalue weighted by Crippen LogP contribution is 2.33. The van der Waals surface area contributed by atoms with E-state index in [1.807, 2.05) is 0 Å². The fourth-order valence-electron chi connectivity index (χ4n) is 1.34. The maximum absolute atomic E-state index is 12.4. The highest BCUT2D eigenvalue weighted by Gasteiger charge is 2.41. The van der Waals surface area contributed by atoms with Crippen LogP contribution in [0.3, 0.4) is 0 Å². The molecule has 0 aromatic rings. The first-order valence-corrected chi connectivity index (χ1v) is 5.15. The highest BCUT2D eigenvalue weighted by atomic mass is 19.3. The minimum Gasteiger partial charge on any atom is -0.373 e. The molecule has 1 fully saturated rings. The summed E-state index contributed by atoms with van der Waals surface area (Å²) in [6.45, 7) is -1.34. The minimum atomic E-state index is -4.08. The van der Waals surface area contributed by atoms with Crippen molar-refractivity contribution in [2.45, 2.75) is 37.7 Å². The van der Waals surface area contributed by atoms with Crippen molar-refractivity contribution in [3.63, 3.8) is 0 Å². The second-order valence-corrected chi connectivity index (χ2v) is 4.12. The Morgan fingerprint density at radius 1 is 1.38 bits per heavy atom. The van der Waals surface area contributed by atoms with Crippen molar-refractivity contribution in [1.82, 2.24) is 5.43 Å². The first-order chi connectivity index (χ1) is 7.45. The number of nitrogens with two attached hydrogens (primary N) is 1. The fourth-order valence-corrected chi connectivity index (χ4v) is 1.34. The van der Waals surface area contributed by atoms with Crippen LogP contribution in [0.15, 0.2) is 0 Å². The van der Waals surface area contributed by atoms with E-state index in [1.54, 1.807) is 0 Å². The molecule has 1 saturated carbocycles. The molecule has 0 bridgehead atoms. The van der Waals surface area contributed by atoms with Crippen LogP contribution in [0.25, 0.3) is 0 Å². The van der Waals surface area contributed by atoms with E-state index >= 15 is 0 Å². The molecule has 0 heterocycles. The molecule has 0 aromatic heterocycles. The van der Waals surface area contributed by atoms with Crippen molar-refractivity contribution in [1.29, 1.82) is 0 Å². The maximum atomic E-state index is 12.4. The predicted molar refractivity (Wildman–Crippen MR) is 50.2 cm³/mol. The van der Waals surface area contributed by atoms with Gasteiger partial charge in [0, 0.05) is 6.04 Å². The van der Waals surface area contributed by atoms with Crippen LogP contribution in [0.4, 0.5) is 17.6 Å². The van der Waals surface area contributed by atoms with Crippen LogP contribution in [-0.2, 0) is 4.74 Å². The number of hydrogen-bond acceptors (Lipinski definition) is 3. The van der Waals surface area contributed by atoms with Gasteiger partial charge < -0.3 is 4.74 Å². The molecule has 1 rings (SSSR count). The van der Waals surface area contributed by atoms with E-state index in [1.165, 1.54) is 0 Å². The number of halogens is 4. The maximum Gasteiger partial charge on any atom is 0.330 e. The number of rotatable bonds is 8. The van der Waals surface area contributed by atoms with E-state index < -0.39 is 19.0 Å². The van der Waals surface area contributed by atoms with Crippen LogP contribution >= 0.6 is 0 Å². The zero-order valence-electron chi connectivity index (χ0n) is 8.77. The fraction of sp³-hybridized carbons (Fsp3) is 1.00. The highest BCUT2D eigenvalue weighted by molar-refractivity contribution is 4.79. The van der Waals surface area contributed by atoms with E-state index in [-0.39, 0.29) is 12.6 Å². The summed E-state index contributed by atoms with van der Waals surface area (Å²) in [6, 6.07) is -0.249. The molecular weight excluding hydrogens is 228 g/mol. The van der Waals surface area contributed by atoms with Crippen LogP contribution in [-0.4, -0.2) is 31.6 Å². The smallest absolute Gasteiger partial charge is 0.330 e. The lowest BCUT2D eigenvalue weighted by molar-refractivity contribution is -0.167. The van der Waals surface area contributed by atoms with Gasteiger partial charge in [0.25, 0.3) is 0 Å². The van der Waals surface area contributed by atoms with E-state index in [0.29, 0.717) is 5.92 Å². The Balaban J connectivity index is 2.16. The van der Waals surface area contributed by atoms with Gasteiger partial charge in [-0.2, -0.15) is 8.78 Å². The molecule has 96 valence electrons. The Morgan fingerprint density at radius 2 is 2.00 bits per heavy atom. The largest absolute Gasteiger partial charge is 0.373 e. The monoisotopic (exact) mass is 244 g/mol. The van der Waals surface area contributed by atoms with Crippen LogP contribution in [0.1, 0.15) is 19.3 Å². The molecule has 0 spiro atoms. The number of ether oxygens (including phenoxy) is 1. The van der Waals surface area contributed by atoms with Crippen molar-refractivity contribution in [3.8, 4) is 0 Å². The van der Waals surface area contributed by atoms with Gasteiger partial charge in [0.1, 0.15) is 6.61 Å². The average molecular weight is 244 g/mol. The summed E-state index contributed by atoms with van der Waals surface area (Å²) >= 11 is 0. The van der Waals surface area contributed by atoms with E-state index in [4.69, 9.17) is 5.84 Å². The summed E-state index contributed by atoms with van der Waals surface area (Å²) in [5.41, 5.74) is 2.43. The molecule has 0 amide bonds. The zero-order valence-corrected chi connectivity index (χ0v) is 8.77. The third kappa shape index (κ3) is 4.63. The van der Waals surface area contributed by atoms with Gasteiger partial charge in [-0.25, -0.2) is 8.78 Å². The van der Waals surface area contributed by atoms with Crippen molar-refractivity contribution < 1.29 is 22.3 Å². The SMILES string of the molecule is NNC(COCC(F)(F)C(F)F)CC1CC1. The number of nitrogens with one attached hydrogen (secondary N) is 1. The van der Waals surface area contributed by atoms with Crippen molar-refractivity contribution in [2.75, 3.05) is 13.2 Å². The van der Waals surface area contributed by atoms with Gasteiger partial charge in [0.2, 0.25) is 0 Å². The lowest BCUT2D eigenvalue weighted by atomic mass is 10.1. The van der Waals surface area contributed by atoms with Crippen molar-refractivity contribution >= 4 is 0 Å². The van der Waals surface area contributed by atoms with E-state index in [9.17, 15) is 17.6 Å². The van der Waals surface area contributed by atoms with Gasteiger partial charge in [-0.15, -0.1) is 0 Å². The van der Waals surface area contributed by atoms with Gasteiger partial charge in [0.05, 0.1) is 6.61 Å². The standard InChI is InChI=1S/C9H16F4N2O/c10-8(11)9(12,13)5-16-4-7(15-14)3-6-1-2-6/h6-8,15H,1-5,14H2. The van der Waals surface area contributed by atoms with Gasteiger partial charge in [-0.3, -0.25) is 11.3 Å². The Bertz CT molecular complexity index is 212. The Kier molecular flexibility index (Phi) is 4.94. The third-order valence-corrected chi connectivity index (χ3v) is 2.48. The third-order valence-electron chi connectivity index (χ3n) is 2.48. The molecule has 3 N–H and O–H groups in total. The van der Waals surface area contributed by atoms with Gasteiger partial charge >= 0.3 is 12.3 Å². The van der Waals surface area contributed by atoms with Gasteiger partial charge in [0.15, 0.2) is 0 Å². The summed E-state index contributed by atoms with van der Waals surface area (Å²) in [5, 5.41) is 0. The number of hydrazine groups is 1. The molecule has 1 aliphatic carbocycles. The van der Waals surface area contributed by atoms with E-state index in [2.05, 4.69) is 10.2 Å². The van der Waals surface area contributed by atoms with Gasteiger partial charge in [-0.1, -0.05) is 12.8 Å². The molecule has 1 atom stereocenters. The molecule has 1 aliphatic rings. The van der Waals surface area contributed by atoms with Crippen LogP contribution in [0, 0.1) is 5.92 Å². The molecule has 7 heteroatoms. The summed E-state index contributed by atoms with van der Waals surface area (Å²) < 4.78 is 53.0. The minimum absolute atomic E-state index is 0.0741.